The Morgan fingerprint density at radius 2 is 1.62 bits per heavy atom. The van der Waals surface area contributed by atoms with E-state index in [0.29, 0.717) is 36.4 Å². The van der Waals surface area contributed by atoms with E-state index in [1.807, 2.05) is 20.8 Å². The molecule has 0 bridgehead atoms. The molecule has 0 heterocycles. The molecule has 1 unspecified atom stereocenters. The van der Waals surface area contributed by atoms with Crippen LogP contribution in [0.3, 0.4) is 0 Å². The van der Waals surface area contributed by atoms with Crippen LogP contribution in [0.25, 0.3) is 0 Å². The molecule has 1 aromatic carbocycles. The molecule has 0 aromatic heterocycles. The highest BCUT2D eigenvalue weighted by Gasteiger charge is 2.40. The van der Waals surface area contributed by atoms with Gasteiger partial charge in [0.2, 0.25) is 0 Å². The molecule has 1 rings (SSSR count). The van der Waals surface area contributed by atoms with Crippen LogP contribution in [0, 0.1) is 11.8 Å². The van der Waals surface area contributed by atoms with E-state index in [4.69, 9.17) is 14.2 Å². The van der Waals surface area contributed by atoms with Crippen molar-refractivity contribution in [3.63, 3.8) is 0 Å². The van der Waals surface area contributed by atoms with Gasteiger partial charge in [0.1, 0.15) is 16.9 Å². The minimum Gasteiger partial charge on any atom is -0.490 e. The molecular formula is C26H43NO5. The molecule has 1 atom stereocenters. The smallest absolute Gasteiger partial charge is 0.341 e. The van der Waals surface area contributed by atoms with Gasteiger partial charge >= 0.3 is 5.97 Å². The Morgan fingerprint density at radius 1 is 1.00 bits per heavy atom. The Labute approximate surface area is 194 Å². The lowest BCUT2D eigenvalue weighted by Crippen LogP contribution is -2.48. The van der Waals surface area contributed by atoms with E-state index in [1.165, 1.54) is 0 Å². The number of ether oxygens (including phenoxy) is 3. The normalized spacial score (nSPS) is 12.7. The molecule has 0 saturated heterocycles. The molecule has 0 aliphatic rings. The zero-order valence-corrected chi connectivity index (χ0v) is 21.2. The Bertz CT molecular complexity index is 719. The first kappa shape index (κ1) is 28.0. The van der Waals surface area contributed by atoms with Crippen molar-refractivity contribution in [1.82, 2.24) is 0 Å². The van der Waals surface area contributed by atoms with Gasteiger partial charge in [-0.05, 0) is 69.6 Å². The number of carbonyl (C=O) groups is 2. The zero-order valence-electron chi connectivity index (χ0n) is 21.2. The number of hydrogen-bond acceptors (Lipinski definition) is 5. The molecule has 0 spiro atoms. The minimum absolute atomic E-state index is 0.0456. The first-order chi connectivity index (χ1) is 15.1. The Hall–Kier alpha value is -2.08. The summed E-state index contributed by atoms with van der Waals surface area (Å²) in [6, 6.07) is 5.10. The van der Waals surface area contributed by atoms with E-state index < -0.39 is 11.6 Å². The molecule has 6 heteroatoms. The van der Waals surface area contributed by atoms with Crippen molar-refractivity contribution in [3.05, 3.63) is 23.8 Å². The van der Waals surface area contributed by atoms with E-state index in [-0.39, 0.29) is 30.5 Å². The molecule has 182 valence electrons. The van der Waals surface area contributed by atoms with Crippen LogP contribution in [-0.4, -0.2) is 36.8 Å². The number of esters is 1. The SMILES string of the molecule is CCCOC(CC(C)C)(CC(C)C)C(=O)Nc1ccc(OC(C)CC)c(C(=O)OCC)c1. The summed E-state index contributed by atoms with van der Waals surface area (Å²) in [6.45, 7) is 16.9. The van der Waals surface area contributed by atoms with Gasteiger partial charge in [-0.2, -0.15) is 0 Å². The highest BCUT2D eigenvalue weighted by Crippen LogP contribution is 2.32. The summed E-state index contributed by atoms with van der Waals surface area (Å²) in [5.41, 5.74) is -0.0989. The second-order valence-corrected chi connectivity index (χ2v) is 9.26. The van der Waals surface area contributed by atoms with E-state index >= 15 is 0 Å². The summed E-state index contributed by atoms with van der Waals surface area (Å²) in [6.07, 6.45) is 2.84. The fourth-order valence-electron chi connectivity index (χ4n) is 3.69. The molecule has 32 heavy (non-hydrogen) atoms. The van der Waals surface area contributed by atoms with Crippen molar-refractivity contribution in [3.8, 4) is 5.75 Å². The van der Waals surface area contributed by atoms with Gasteiger partial charge in [-0.1, -0.05) is 41.5 Å². The molecule has 1 N–H and O–H groups in total. The summed E-state index contributed by atoms with van der Waals surface area (Å²) in [7, 11) is 0. The molecule has 0 radical (unpaired) electrons. The Balaban J connectivity index is 3.30. The van der Waals surface area contributed by atoms with Gasteiger partial charge in [-0.3, -0.25) is 4.79 Å². The monoisotopic (exact) mass is 449 g/mol. The summed E-state index contributed by atoms with van der Waals surface area (Å²) >= 11 is 0. The third-order valence-electron chi connectivity index (χ3n) is 5.11. The van der Waals surface area contributed by atoms with Crippen LogP contribution in [0.2, 0.25) is 0 Å². The van der Waals surface area contributed by atoms with E-state index in [1.54, 1.807) is 25.1 Å². The fraction of sp³-hybridized carbons (Fsp3) is 0.692. The number of nitrogens with one attached hydrogen (secondary N) is 1. The molecule has 6 nitrogen and oxygen atoms in total. The van der Waals surface area contributed by atoms with Crippen molar-refractivity contribution in [2.24, 2.45) is 11.8 Å². The van der Waals surface area contributed by atoms with Gasteiger partial charge in [0.25, 0.3) is 5.91 Å². The maximum atomic E-state index is 13.5. The summed E-state index contributed by atoms with van der Waals surface area (Å²) in [4.78, 5) is 26.1. The third kappa shape index (κ3) is 8.45. The van der Waals surface area contributed by atoms with Crippen molar-refractivity contribution >= 4 is 17.6 Å². The molecule has 0 aliphatic carbocycles. The van der Waals surface area contributed by atoms with Crippen LogP contribution in [0.5, 0.6) is 5.75 Å². The number of carbonyl (C=O) groups excluding carboxylic acids is 2. The number of benzene rings is 1. The predicted octanol–water partition coefficient (Wildman–Crippen LogP) is 6.24. The number of anilines is 1. The molecule has 0 saturated carbocycles. The lowest BCUT2D eigenvalue weighted by atomic mass is 9.83. The van der Waals surface area contributed by atoms with Gasteiger partial charge in [0.15, 0.2) is 0 Å². The molecule has 1 amide bonds. The molecule has 0 aliphatic heterocycles. The Kier molecular flexibility index (Phi) is 11.8. The number of hydrogen-bond donors (Lipinski definition) is 1. The maximum Gasteiger partial charge on any atom is 0.341 e. The van der Waals surface area contributed by atoms with Gasteiger partial charge in [0, 0.05) is 12.3 Å². The molecule has 0 fully saturated rings. The van der Waals surface area contributed by atoms with E-state index in [2.05, 4.69) is 33.0 Å². The quantitative estimate of drug-likeness (QED) is 0.340. The van der Waals surface area contributed by atoms with Gasteiger partial charge in [-0.25, -0.2) is 4.79 Å². The first-order valence-electron chi connectivity index (χ1n) is 12.0. The molecule has 1 aromatic rings. The summed E-state index contributed by atoms with van der Waals surface area (Å²) in [5, 5.41) is 3.01. The highest BCUT2D eigenvalue weighted by molar-refractivity contribution is 5.99. The van der Waals surface area contributed by atoms with Crippen molar-refractivity contribution < 1.29 is 23.8 Å². The van der Waals surface area contributed by atoms with Gasteiger partial charge in [-0.15, -0.1) is 0 Å². The topological polar surface area (TPSA) is 73.9 Å². The van der Waals surface area contributed by atoms with Crippen molar-refractivity contribution in [2.75, 3.05) is 18.5 Å². The van der Waals surface area contributed by atoms with Crippen LogP contribution in [0.1, 0.15) is 91.4 Å². The maximum absolute atomic E-state index is 13.5. The first-order valence-corrected chi connectivity index (χ1v) is 12.0. The van der Waals surface area contributed by atoms with Gasteiger partial charge < -0.3 is 19.5 Å². The van der Waals surface area contributed by atoms with Gasteiger partial charge in [0.05, 0.1) is 12.7 Å². The second-order valence-electron chi connectivity index (χ2n) is 9.26. The highest BCUT2D eigenvalue weighted by atomic mass is 16.5. The average Bonchev–Trinajstić information content (AvgIpc) is 2.72. The lowest BCUT2D eigenvalue weighted by molar-refractivity contribution is -0.147. The number of amides is 1. The predicted molar refractivity (Wildman–Crippen MR) is 129 cm³/mol. The largest absolute Gasteiger partial charge is 0.490 e. The minimum atomic E-state index is -0.922. The summed E-state index contributed by atoms with van der Waals surface area (Å²) in [5.74, 6) is 0.377. The van der Waals surface area contributed by atoms with Crippen LogP contribution >= 0.6 is 0 Å². The second kappa shape index (κ2) is 13.5. The van der Waals surface area contributed by atoms with Crippen molar-refractivity contribution in [2.45, 2.75) is 92.8 Å². The van der Waals surface area contributed by atoms with Crippen molar-refractivity contribution in [1.29, 1.82) is 0 Å². The van der Waals surface area contributed by atoms with Crippen LogP contribution in [0.4, 0.5) is 5.69 Å². The van der Waals surface area contributed by atoms with Crippen LogP contribution in [-0.2, 0) is 14.3 Å². The van der Waals surface area contributed by atoms with E-state index in [9.17, 15) is 9.59 Å². The third-order valence-corrected chi connectivity index (χ3v) is 5.11. The Morgan fingerprint density at radius 3 is 2.12 bits per heavy atom. The van der Waals surface area contributed by atoms with Crippen LogP contribution < -0.4 is 10.1 Å². The fourth-order valence-corrected chi connectivity index (χ4v) is 3.69. The van der Waals surface area contributed by atoms with E-state index in [0.717, 1.165) is 12.8 Å². The zero-order chi connectivity index (χ0) is 24.3. The average molecular weight is 450 g/mol. The molecular weight excluding hydrogens is 406 g/mol. The van der Waals surface area contributed by atoms with Crippen LogP contribution in [0.15, 0.2) is 18.2 Å². The summed E-state index contributed by atoms with van der Waals surface area (Å²) < 4.78 is 17.3. The standard InChI is InChI=1S/C26H43NO5/c1-9-14-31-26(16-18(4)5,17-19(6)7)25(29)27-21-12-13-23(32-20(8)10-2)22(15-21)24(28)30-11-3/h12-13,15,18-20H,9-11,14,16-17H2,1-8H3,(H,27,29). The lowest BCUT2D eigenvalue weighted by Gasteiger charge is -2.35. The number of rotatable bonds is 14.